The van der Waals surface area contributed by atoms with E-state index >= 15 is 0 Å². The molecule has 0 radical (unpaired) electrons. The lowest BCUT2D eigenvalue weighted by Crippen LogP contribution is -2.35. The summed E-state index contributed by atoms with van der Waals surface area (Å²) in [6.45, 7) is 5.31. The summed E-state index contributed by atoms with van der Waals surface area (Å²) in [5.74, 6) is 0.640. The molecular formula is C23H28N2O5S. The van der Waals surface area contributed by atoms with Crippen LogP contribution >= 0.6 is 0 Å². The minimum atomic E-state index is -3.89. The topological polar surface area (TPSA) is 99.7 Å². The fourth-order valence-electron chi connectivity index (χ4n) is 3.90. The number of aliphatic hydroxyl groups excluding tert-OH is 1. The molecule has 0 unspecified atom stereocenters. The molecule has 1 aromatic heterocycles. The first-order chi connectivity index (χ1) is 14.7. The van der Waals surface area contributed by atoms with Crippen LogP contribution < -0.4 is 10.3 Å². The maximum absolute atomic E-state index is 13.6. The van der Waals surface area contributed by atoms with E-state index in [0.29, 0.717) is 28.0 Å². The van der Waals surface area contributed by atoms with Crippen LogP contribution in [0.25, 0.3) is 10.9 Å². The Labute approximate surface area is 182 Å². The number of aryl methyl sites for hydroxylation is 3. The number of sulfonamides is 1. The third kappa shape index (κ3) is 4.81. The van der Waals surface area contributed by atoms with E-state index in [1.807, 2.05) is 19.1 Å². The average molecular weight is 445 g/mol. The van der Waals surface area contributed by atoms with E-state index in [9.17, 15) is 18.3 Å². The predicted octanol–water partition coefficient (Wildman–Crippen LogP) is 3.04. The Balaban J connectivity index is 2.08. The lowest BCUT2D eigenvalue weighted by Gasteiger charge is -2.24. The molecule has 0 saturated carbocycles. The molecule has 0 fully saturated rings. The van der Waals surface area contributed by atoms with Gasteiger partial charge in [-0.25, -0.2) is 8.42 Å². The number of hydrogen-bond acceptors (Lipinski definition) is 5. The SMILES string of the molecule is COc1ccc2[nH]c(=O)c(CN(CCCO)S(=O)(=O)c3c(C)cc(C)cc3C)cc2c1. The second-order valence-electron chi connectivity index (χ2n) is 7.72. The van der Waals surface area contributed by atoms with Crippen LogP contribution in [0.5, 0.6) is 5.75 Å². The van der Waals surface area contributed by atoms with Crippen molar-refractivity contribution in [1.82, 2.24) is 9.29 Å². The summed E-state index contributed by atoms with van der Waals surface area (Å²) in [7, 11) is -2.33. The smallest absolute Gasteiger partial charge is 0.252 e. The van der Waals surface area contributed by atoms with E-state index in [4.69, 9.17) is 4.74 Å². The van der Waals surface area contributed by atoms with Gasteiger partial charge in [0.05, 0.1) is 12.0 Å². The van der Waals surface area contributed by atoms with Crippen LogP contribution in [0, 0.1) is 20.8 Å². The molecule has 0 amide bonds. The van der Waals surface area contributed by atoms with Crippen LogP contribution in [0.3, 0.4) is 0 Å². The summed E-state index contributed by atoms with van der Waals surface area (Å²) in [6.07, 6.45) is 0.266. The van der Waals surface area contributed by atoms with E-state index in [1.165, 1.54) is 4.31 Å². The van der Waals surface area contributed by atoms with Gasteiger partial charge in [0.2, 0.25) is 10.0 Å². The summed E-state index contributed by atoms with van der Waals surface area (Å²) in [6, 6.07) is 10.6. The lowest BCUT2D eigenvalue weighted by molar-refractivity contribution is 0.267. The van der Waals surface area contributed by atoms with Gasteiger partial charge < -0.3 is 14.8 Å². The fraction of sp³-hybridized carbons (Fsp3) is 0.348. The molecule has 0 spiro atoms. The average Bonchev–Trinajstić information content (AvgIpc) is 2.69. The van der Waals surface area contributed by atoms with Crippen molar-refractivity contribution in [2.24, 2.45) is 0 Å². The number of hydrogen-bond donors (Lipinski definition) is 2. The van der Waals surface area contributed by atoms with Crippen molar-refractivity contribution in [3.63, 3.8) is 0 Å². The van der Waals surface area contributed by atoms with Gasteiger partial charge in [-0.1, -0.05) is 17.7 Å². The van der Waals surface area contributed by atoms with Crippen LogP contribution in [-0.2, 0) is 16.6 Å². The number of rotatable bonds is 8. The third-order valence-electron chi connectivity index (χ3n) is 5.24. The summed E-state index contributed by atoms with van der Waals surface area (Å²) in [5.41, 5.74) is 2.91. The Morgan fingerprint density at radius 1 is 1.06 bits per heavy atom. The zero-order valence-corrected chi connectivity index (χ0v) is 19.0. The Bertz CT molecular complexity index is 1240. The third-order valence-corrected chi connectivity index (χ3v) is 7.39. The van der Waals surface area contributed by atoms with Gasteiger partial charge in [0.15, 0.2) is 0 Å². The molecule has 0 saturated heterocycles. The second-order valence-corrected chi connectivity index (χ2v) is 9.60. The number of H-pyrrole nitrogens is 1. The molecule has 166 valence electrons. The quantitative estimate of drug-likeness (QED) is 0.556. The largest absolute Gasteiger partial charge is 0.497 e. The maximum atomic E-state index is 13.6. The van der Waals surface area contributed by atoms with Crippen LogP contribution in [0.2, 0.25) is 0 Å². The Kier molecular flexibility index (Phi) is 6.83. The van der Waals surface area contributed by atoms with Crippen molar-refractivity contribution in [3.05, 3.63) is 69.0 Å². The van der Waals surface area contributed by atoms with Crippen molar-refractivity contribution in [3.8, 4) is 5.75 Å². The maximum Gasteiger partial charge on any atom is 0.252 e. The number of fused-ring (bicyclic) bond motifs is 1. The molecule has 7 nitrogen and oxygen atoms in total. The number of benzene rings is 2. The Morgan fingerprint density at radius 3 is 2.35 bits per heavy atom. The van der Waals surface area contributed by atoms with E-state index in [2.05, 4.69) is 4.98 Å². The molecule has 3 rings (SSSR count). The zero-order valence-electron chi connectivity index (χ0n) is 18.2. The first-order valence-electron chi connectivity index (χ1n) is 10.1. The monoisotopic (exact) mass is 444 g/mol. The summed E-state index contributed by atoms with van der Waals surface area (Å²) in [4.78, 5) is 15.7. The van der Waals surface area contributed by atoms with Gasteiger partial charge in [0, 0.05) is 36.2 Å². The molecule has 2 aromatic carbocycles. The van der Waals surface area contributed by atoms with E-state index < -0.39 is 10.0 Å². The van der Waals surface area contributed by atoms with Crippen LogP contribution in [0.4, 0.5) is 0 Å². The Morgan fingerprint density at radius 2 is 1.74 bits per heavy atom. The number of nitrogens with zero attached hydrogens (tertiary/aromatic N) is 1. The number of pyridine rings is 1. The predicted molar refractivity (Wildman–Crippen MR) is 121 cm³/mol. The van der Waals surface area contributed by atoms with Gasteiger partial charge in [0.1, 0.15) is 5.75 Å². The van der Waals surface area contributed by atoms with E-state index in [0.717, 1.165) is 10.9 Å². The van der Waals surface area contributed by atoms with Crippen LogP contribution in [0.15, 0.2) is 46.1 Å². The molecule has 0 aliphatic carbocycles. The van der Waals surface area contributed by atoms with Gasteiger partial charge in [-0.15, -0.1) is 0 Å². The molecule has 2 N–H and O–H groups in total. The lowest BCUT2D eigenvalue weighted by atomic mass is 10.1. The number of aliphatic hydroxyl groups is 1. The standard InChI is InChI=1S/C23H28N2O5S/c1-15-10-16(2)22(17(3)11-15)31(28,29)25(8-5-9-26)14-19-12-18-13-20(30-4)6-7-21(18)24-23(19)27/h6-7,10-13,26H,5,8-9,14H2,1-4H3,(H,24,27). The van der Waals surface area contributed by atoms with Crippen molar-refractivity contribution in [2.45, 2.75) is 38.6 Å². The number of aromatic nitrogens is 1. The minimum absolute atomic E-state index is 0.0984. The summed E-state index contributed by atoms with van der Waals surface area (Å²) < 4.78 is 33.7. The normalized spacial score (nSPS) is 11.9. The van der Waals surface area contributed by atoms with E-state index in [-0.39, 0.29) is 36.6 Å². The molecule has 0 atom stereocenters. The first kappa shape index (κ1) is 23.0. The highest BCUT2D eigenvalue weighted by molar-refractivity contribution is 7.89. The van der Waals surface area contributed by atoms with Crippen LogP contribution in [0.1, 0.15) is 28.7 Å². The van der Waals surface area contributed by atoms with Gasteiger partial charge >= 0.3 is 0 Å². The highest BCUT2D eigenvalue weighted by Gasteiger charge is 2.28. The molecular weight excluding hydrogens is 416 g/mol. The van der Waals surface area contributed by atoms with E-state index in [1.54, 1.807) is 45.2 Å². The summed E-state index contributed by atoms with van der Waals surface area (Å²) >= 11 is 0. The summed E-state index contributed by atoms with van der Waals surface area (Å²) in [5, 5.41) is 10.1. The Hall–Kier alpha value is -2.68. The number of methoxy groups -OCH3 is 1. The number of aromatic amines is 1. The number of nitrogens with one attached hydrogen (secondary N) is 1. The molecule has 8 heteroatoms. The molecule has 1 heterocycles. The molecule has 31 heavy (non-hydrogen) atoms. The highest BCUT2D eigenvalue weighted by Crippen LogP contribution is 2.27. The minimum Gasteiger partial charge on any atom is -0.497 e. The molecule has 0 bridgehead atoms. The first-order valence-corrected chi connectivity index (χ1v) is 11.5. The van der Waals surface area contributed by atoms with Gasteiger partial charge in [0.25, 0.3) is 5.56 Å². The number of ether oxygens (including phenoxy) is 1. The van der Waals surface area contributed by atoms with Crippen molar-refractivity contribution in [1.29, 1.82) is 0 Å². The van der Waals surface area contributed by atoms with Crippen LogP contribution in [-0.4, -0.2) is 43.1 Å². The van der Waals surface area contributed by atoms with Gasteiger partial charge in [-0.2, -0.15) is 4.31 Å². The molecule has 3 aromatic rings. The zero-order chi connectivity index (χ0) is 22.8. The highest BCUT2D eigenvalue weighted by atomic mass is 32.2. The molecule has 0 aliphatic rings. The van der Waals surface area contributed by atoms with Crippen molar-refractivity contribution in [2.75, 3.05) is 20.3 Å². The fourth-order valence-corrected chi connectivity index (χ4v) is 5.77. The van der Waals surface area contributed by atoms with Gasteiger partial charge in [-0.05, 0) is 62.6 Å². The van der Waals surface area contributed by atoms with Gasteiger partial charge in [-0.3, -0.25) is 4.79 Å². The molecule has 0 aliphatic heterocycles. The van der Waals surface area contributed by atoms with Crippen molar-refractivity contribution >= 4 is 20.9 Å². The van der Waals surface area contributed by atoms with Crippen molar-refractivity contribution < 1.29 is 18.3 Å². The second kappa shape index (κ2) is 9.21.